The van der Waals surface area contributed by atoms with Crippen LogP contribution >= 0.6 is 11.3 Å². The lowest BCUT2D eigenvalue weighted by molar-refractivity contribution is 0.616. The average Bonchev–Trinajstić information content (AvgIpc) is 2.57. The van der Waals surface area contributed by atoms with Crippen LogP contribution in [0.1, 0.15) is 48.6 Å². The number of thiophene rings is 1. The lowest BCUT2D eigenvalue weighted by Crippen LogP contribution is -2.13. The van der Waals surface area contributed by atoms with E-state index in [2.05, 4.69) is 17.6 Å². The molecule has 0 aromatic carbocycles. The van der Waals surface area contributed by atoms with Gasteiger partial charge in [-0.1, -0.05) is 19.8 Å². The van der Waals surface area contributed by atoms with Gasteiger partial charge in [-0.3, -0.25) is 0 Å². The Bertz CT molecular complexity index is 303. The van der Waals surface area contributed by atoms with E-state index in [4.69, 9.17) is 0 Å². The van der Waals surface area contributed by atoms with Gasteiger partial charge in [-0.25, -0.2) is 0 Å². The van der Waals surface area contributed by atoms with Crippen LogP contribution in [0.3, 0.4) is 0 Å². The van der Waals surface area contributed by atoms with Gasteiger partial charge in [0, 0.05) is 11.4 Å². The smallest absolute Gasteiger partial charge is 0.0216 e. The van der Waals surface area contributed by atoms with E-state index in [9.17, 15) is 0 Å². The van der Waals surface area contributed by atoms with Crippen molar-refractivity contribution >= 4 is 11.3 Å². The molecule has 0 atom stereocenters. The monoisotopic (exact) mass is 223 g/mol. The maximum absolute atomic E-state index is 3.44. The Morgan fingerprint density at radius 3 is 2.80 bits per heavy atom. The minimum absolute atomic E-state index is 1.07. The molecule has 1 N–H and O–H groups in total. The van der Waals surface area contributed by atoms with Crippen LogP contribution in [0.25, 0.3) is 0 Å². The van der Waals surface area contributed by atoms with E-state index < -0.39 is 0 Å². The van der Waals surface area contributed by atoms with E-state index in [0.29, 0.717) is 0 Å². The van der Waals surface area contributed by atoms with Crippen LogP contribution in [-0.2, 0) is 19.4 Å². The highest BCUT2D eigenvalue weighted by Crippen LogP contribution is 2.28. The summed E-state index contributed by atoms with van der Waals surface area (Å²) in [6.45, 7) is 4.32. The molecule has 0 saturated carbocycles. The van der Waals surface area contributed by atoms with Crippen LogP contribution in [0.2, 0.25) is 0 Å². The van der Waals surface area contributed by atoms with Crippen LogP contribution in [0.15, 0.2) is 5.38 Å². The summed E-state index contributed by atoms with van der Waals surface area (Å²) in [7, 11) is 0. The van der Waals surface area contributed by atoms with Crippen molar-refractivity contribution in [1.29, 1.82) is 0 Å². The summed E-state index contributed by atoms with van der Waals surface area (Å²) in [5.74, 6) is 0. The van der Waals surface area contributed by atoms with Gasteiger partial charge in [-0.2, -0.15) is 0 Å². The van der Waals surface area contributed by atoms with Gasteiger partial charge < -0.3 is 5.32 Å². The number of fused-ring (bicyclic) bond motifs is 1. The summed E-state index contributed by atoms with van der Waals surface area (Å²) in [5.41, 5.74) is 3.25. The summed E-state index contributed by atoms with van der Waals surface area (Å²) in [4.78, 5) is 1.67. The maximum atomic E-state index is 3.44. The summed E-state index contributed by atoms with van der Waals surface area (Å²) >= 11 is 1.99. The minimum Gasteiger partial charge on any atom is -0.313 e. The first kappa shape index (κ1) is 11.2. The molecule has 1 heterocycles. The third-order valence-corrected chi connectivity index (χ3v) is 4.35. The number of hydrogen-bond acceptors (Lipinski definition) is 2. The van der Waals surface area contributed by atoms with Crippen LogP contribution < -0.4 is 5.32 Å². The SMILES string of the molecule is CCNCc1csc2c1CCCCCC2. The molecule has 1 aliphatic carbocycles. The third-order valence-electron chi connectivity index (χ3n) is 3.21. The Morgan fingerprint density at radius 2 is 2.00 bits per heavy atom. The fraction of sp³-hybridized carbons (Fsp3) is 0.692. The highest BCUT2D eigenvalue weighted by Gasteiger charge is 2.12. The van der Waals surface area contributed by atoms with Crippen molar-refractivity contribution in [3.63, 3.8) is 0 Å². The predicted octanol–water partition coefficient (Wildman–Crippen LogP) is 3.52. The molecule has 1 nitrogen and oxygen atoms in total. The van der Waals surface area contributed by atoms with Gasteiger partial charge in [0.1, 0.15) is 0 Å². The van der Waals surface area contributed by atoms with Crippen LogP contribution in [-0.4, -0.2) is 6.54 Å². The van der Waals surface area contributed by atoms with E-state index in [1.807, 2.05) is 11.3 Å². The van der Waals surface area contributed by atoms with Crippen molar-refractivity contribution in [1.82, 2.24) is 5.32 Å². The predicted molar refractivity (Wildman–Crippen MR) is 67.6 cm³/mol. The highest BCUT2D eigenvalue weighted by molar-refractivity contribution is 7.10. The van der Waals surface area contributed by atoms with E-state index >= 15 is 0 Å². The Kier molecular flexibility index (Phi) is 4.21. The molecule has 0 radical (unpaired) electrons. The lowest BCUT2D eigenvalue weighted by Gasteiger charge is -2.11. The van der Waals surface area contributed by atoms with Crippen LogP contribution in [0.4, 0.5) is 0 Å². The van der Waals surface area contributed by atoms with Crippen molar-refractivity contribution in [3.05, 3.63) is 21.4 Å². The molecule has 1 aliphatic rings. The topological polar surface area (TPSA) is 12.0 Å². The fourth-order valence-electron chi connectivity index (χ4n) is 2.32. The number of rotatable bonds is 3. The zero-order chi connectivity index (χ0) is 10.5. The molecule has 0 spiro atoms. The second kappa shape index (κ2) is 5.66. The van der Waals surface area contributed by atoms with Crippen molar-refractivity contribution < 1.29 is 0 Å². The van der Waals surface area contributed by atoms with Crippen molar-refractivity contribution in [2.75, 3.05) is 6.54 Å². The maximum Gasteiger partial charge on any atom is 0.0216 e. The molecule has 1 aromatic heterocycles. The Hall–Kier alpha value is -0.340. The van der Waals surface area contributed by atoms with Gasteiger partial charge in [-0.05, 0) is 48.7 Å². The molecule has 2 rings (SSSR count). The number of hydrogen-bond donors (Lipinski definition) is 1. The number of aryl methyl sites for hydroxylation is 1. The van der Waals surface area contributed by atoms with Crippen molar-refractivity contribution in [2.45, 2.75) is 52.0 Å². The molecule has 15 heavy (non-hydrogen) atoms. The first-order chi connectivity index (χ1) is 7.42. The van der Waals surface area contributed by atoms with Gasteiger partial charge in [-0.15, -0.1) is 11.3 Å². The van der Waals surface area contributed by atoms with E-state index in [1.54, 1.807) is 16.0 Å². The van der Waals surface area contributed by atoms with Crippen LogP contribution in [0.5, 0.6) is 0 Å². The molecular formula is C13H21NS. The van der Waals surface area contributed by atoms with Gasteiger partial charge >= 0.3 is 0 Å². The third kappa shape index (κ3) is 2.82. The zero-order valence-electron chi connectivity index (χ0n) is 9.64. The number of nitrogens with one attached hydrogen (secondary N) is 1. The Balaban J connectivity index is 2.11. The molecule has 0 bridgehead atoms. The normalized spacial score (nSPS) is 16.9. The zero-order valence-corrected chi connectivity index (χ0v) is 10.5. The second-order valence-electron chi connectivity index (χ2n) is 4.36. The summed E-state index contributed by atoms with van der Waals surface area (Å²) in [5, 5.41) is 5.82. The van der Waals surface area contributed by atoms with Crippen molar-refractivity contribution in [2.24, 2.45) is 0 Å². The molecule has 2 heteroatoms. The Labute approximate surface area is 96.9 Å². The Morgan fingerprint density at radius 1 is 1.20 bits per heavy atom. The minimum atomic E-state index is 1.07. The second-order valence-corrected chi connectivity index (χ2v) is 5.32. The largest absolute Gasteiger partial charge is 0.313 e. The molecule has 0 fully saturated rings. The molecule has 84 valence electrons. The quantitative estimate of drug-likeness (QED) is 0.827. The van der Waals surface area contributed by atoms with Gasteiger partial charge in [0.2, 0.25) is 0 Å². The van der Waals surface area contributed by atoms with Gasteiger partial charge in [0.25, 0.3) is 0 Å². The first-order valence-electron chi connectivity index (χ1n) is 6.20. The molecular weight excluding hydrogens is 202 g/mol. The van der Waals surface area contributed by atoms with Gasteiger partial charge in [0.05, 0.1) is 0 Å². The van der Waals surface area contributed by atoms with E-state index in [1.165, 1.54) is 38.5 Å². The first-order valence-corrected chi connectivity index (χ1v) is 7.08. The molecule has 0 amide bonds. The highest BCUT2D eigenvalue weighted by atomic mass is 32.1. The van der Waals surface area contributed by atoms with E-state index in [-0.39, 0.29) is 0 Å². The van der Waals surface area contributed by atoms with Gasteiger partial charge in [0.15, 0.2) is 0 Å². The van der Waals surface area contributed by atoms with Crippen molar-refractivity contribution in [3.8, 4) is 0 Å². The summed E-state index contributed by atoms with van der Waals surface area (Å²) < 4.78 is 0. The van der Waals surface area contributed by atoms with E-state index in [0.717, 1.165) is 13.1 Å². The fourth-order valence-corrected chi connectivity index (χ4v) is 3.47. The average molecular weight is 223 g/mol. The summed E-state index contributed by atoms with van der Waals surface area (Å²) in [6.07, 6.45) is 8.29. The standard InChI is InChI=1S/C13H21NS/c1-2-14-9-11-10-15-13-8-6-4-3-5-7-12(11)13/h10,14H,2-9H2,1H3. The molecule has 1 aromatic rings. The summed E-state index contributed by atoms with van der Waals surface area (Å²) in [6, 6.07) is 0. The molecule has 0 aliphatic heterocycles. The molecule has 0 unspecified atom stereocenters. The molecule has 0 saturated heterocycles. The van der Waals surface area contributed by atoms with Crippen LogP contribution in [0, 0.1) is 0 Å². The lowest BCUT2D eigenvalue weighted by atomic mass is 9.97.